The standard InChI is InChI=1S/C22H25NO4S/c1-28(25,26)21-13-18-10-11-19(14-21)23(18)22(24)17-8-5-9-20(12-17)27-15-16-6-3-2-4-7-16/h2-9,12,18-19,21H,10-11,13-15H2,1H3. The summed E-state index contributed by atoms with van der Waals surface area (Å²) in [6.07, 6.45) is 4.16. The molecule has 0 N–H and O–H groups in total. The van der Waals surface area contributed by atoms with E-state index in [1.165, 1.54) is 6.26 Å². The van der Waals surface area contributed by atoms with Gasteiger partial charge in [0.25, 0.3) is 5.91 Å². The Kier molecular flexibility index (Phi) is 5.15. The summed E-state index contributed by atoms with van der Waals surface area (Å²) in [4.78, 5) is 15.1. The second-order valence-electron chi connectivity index (χ2n) is 7.82. The largest absolute Gasteiger partial charge is 0.489 e. The van der Waals surface area contributed by atoms with Gasteiger partial charge in [-0.2, -0.15) is 0 Å². The van der Waals surface area contributed by atoms with Crippen LogP contribution in [0.15, 0.2) is 54.6 Å². The van der Waals surface area contributed by atoms with E-state index < -0.39 is 9.84 Å². The molecule has 6 heteroatoms. The third kappa shape index (κ3) is 3.92. The van der Waals surface area contributed by atoms with Crippen molar-refractivity contribution in [1.82, 2.24) is 4.90 Å². The Labute approximate surface area is 166 Å². The third-order valence-electron chi connectivity index (χ3n) is 5.86. The number of carbonyl (C=O) groups is 1. The molecule has 2 heterocycles. The van der Waals surface area contributed by atoms with E-state index in [1.807, 2.05) is 47.4 Å². The average Bonchev–Trinajstić information content (AvgIpc) is 2.95. The summed E-state index contributed by atoms with van der Waals surface area (Å²) < 4.78 is 29.8. The molecule has 2 bridgehead atoms. The summed E-state index contributed by atoms with van der Waals surface area (Å²) in [6.45, 7) is 0.448. The Morgan fingerprint density at radius 2 is 1.71 bits per heavy atom. The number of amides is 1. The van der Waals surface area contributed by atoms with Gasteiger partial charge in [-0.3, -0.25) is 4.79 Å². The van der Waals surface area contributed by atoms with Crippen LogP contribution >= 0.6 is 0 Å². The number of ether oxygens (including phenoxy) is 1. The van der Waals surface area contributed by atoms with Gasteiger partial charge in [-0.25, -0.2) is 8.42 Å². The topological polar surface area (TPSA) is 63.7 Å². The summed E-state index contributed by atoms with van der Waals surface area (Å²) in [7, 11) is -3.06. The second kappa shape index (κ2) is 7.59. The maximum absolute atomic E-state index is 13.2. The smallest absolute Gasteiger partial charge is 0.254 e. The Balaban J connectivity index is 1.47. The first-order valence-electron chi connectivity index (χ1n) is 9.70. The predicted octanol–water partition coefficient (Wildman–Crippen LogP) is 3.45. The van der Waals surface area contributed by atoms with Crippen molar-refractivity contribution in [3.8, 4) is 5.75 Å². The molecule has 0 aromatic heterocycles. The van der Waals surface area contributed by atoms with Crippen molar-refractivity contribution in [1.29, 1.82) is 0 Å². The molecule has 0 saturated carbocycles. The first kappa shape index (κ1) is 19.0. The highest BCUT2D eigenvalue weighted by molar-refractivity contribution is 7.91. The van der Waals surface area contributed by atoms with Crippen molar-refractivity contribution in [3.05, 3.63) is 65.7 Å². The molecule has 5 nitrogen and oxygen atoms in total. The molecule has 2 aromatic rings. The fourth-order valence-electron chi connectivity index (χ4n) is 4.42. The monoisotopic (exact) mass is 399 g/mol. The van der Waals surface area contributed by atoms with Crippen LogP contribution in [0.4, 0.5) is 0 Å². The van der Waals surface area contributed by atoms with E-state index in [9.17, 15) is 13.2 Å². The highest BCUT2D eigenvalue weighted by atomic mass is 32.2. The molecule has 148 valence electrons. The molecule has 2 unspecified atom stereocenters. The van der Waals surface area contributed by atoms with E-state index in [4.69, 9.17) is 4.74 Å². The van der Waals surface area contributed by atoms with Crippen LogP contribution in [0, 0.1) is 0 Å². The minimum atomic E-state index is -3.06. The average molecular weight is 400 g/mol. The SMILES string of the molecule is CS(=O)(=O)C1CC2CCC(C1)N2C(=O)c1cccc(OCc2ccccc2)c1. The van der Waals surface area contributed by atoms with Crippen molar-refractivity contribution < 1.29 is 17.9 Å². The van der Waals surface area contributed by atoms with Crippen LogP contribution in [0.25, 0.3) is 0 Å². The zero-order valence-electron chi connectivity index (χ0n) is 16.0. The summed E-state index contributed by atoms with van der Waals surface area (Å²) in [5.74, 6) is 0.637. The number of hydrogen-bond donors (Lipinski definition) is 0. The molecule has 0 spiro atoms. The van der Waals surface area contributed by atoms with Gasteiger partial charge < -0.3 is 9.64 Å². The van der Waals surface area contributed by atoms with Gasteiger partial charge in [0, 0.05) is 23.9 Å². The lowest BCUT2D eigenvalue weighted by molar-refractivity contribution is 0.0598. The van der Waals surface area contributed by atoms with Crippen LogP contribution in [0.3, 0.4) is 0 Å². The molecule has 4 rings (SSSR count). The minimum Gasteiger partial charge on any atom is -0.489 e. The third-order valence-corrected chi connectivity index (χ3v) is 7.46. The Bertz CT molecular complexity index is 944. The van der Waals surface area contributed by atoms with Crippen molar-refractivity contribution in [2.24, 2.45) is 0 Å². The molecule has 2 atom stereocenters. The molecule has 2 aromatic carbocycles. The van der Waals surface area contributed by atoms with Gasteiger partial charge in [-0.05, 0) is 49.4 Å². The van der Waals surface area contributed by atoms with E-state index in [2.05, 4.69) is 0 Å². The normalized spacial score (nSPS) is 24.2. The maximum Gasteiger partial charge on any atom is 0.254 e. The summed E-state index contributed by atoms with van der Waals surface area (Å²) >= 11 is 0. The summed E-state index contributed by atoms with van der Waals surface area (Å²) in [5, 5.41) is -0.324. The molecular weight excluding hydrogens is 374 g/mol. The number of sulfone groups is 1. The van der Waals surface area contributed by atoms with Gasteiger partial charge in [0.05, 0.1) is 5.25 Å². The lowest BCUT2D eigenvalue weighted by atomic mass is 10.0. The number of hydrogen-bond acceptors (Lipinski definition) is 4. The molecule has 0 radical (unpaired) electrons. The molecule has 1 amide bonds. The van der Waals surface area contributed by atoms with Gasteiger partial charge in [0.2, 0.25) is 0 Å². The summed E-state index contributed by atoms with van der Waals surface area (Å²) in [5.41, 5.74) is 1.67. The first-order valence-corrected chi connectivity index (χ1v) is 11.7. The fourth-order valence-corrected chi connectivity index (χ4v) is 5.56. The van der Waals surface area contributed by atoms with Crippen LogP contribution in [0.1, 0.15) is 41.6 Å². The maximum atomic E-state index is 13.2. The Hall–Kier alpha value is -2.34. The van der Waals surface area contributed by atoms with E-state index in [-0.39, 0.29) is 23.2 Å². The molecule has 0 aliphatic carbocycles. The van der Waals surface area contributed by atoms with Crippen LogP contribution < -0.4 is 4.74 Å². The molecule has 2 aliphatic rings. The van der Waals surface area contributed by atoms with Gasteiger partial charge in [0.15, 0.2) is 0 Å². The highest BCUT2D eigenvalue weighted by Gasteiger charge is 2.46. The number of fused-ring (bicyclic) bond motifs is 2. The first-order chi connectivity index (χ1) is 13.4. The minimum absolute atomic E-state index is 0.0138. The van der Waals surface area contributed by atoms with Crippen LogP contribution in [-0.4, -0.2) is 42.8 Å². The Morgan fingerprint density at radius 3 is 2.36 bits per heavy atom. The fraction of sp³-hybridized carbons (Fsp3) is 0.409. The van der Waals surface area contributed by atoms with Gasteiger partial charge >= 0.3 is 0 Å². The number of carbonyl (C=O) groups excluding carboxylic acids is 1. The lowest BCUT2D eigenvalue weighted by Crippen LogP contribution is -2.49. The van der Waals surface area contributed by atoms with Crippen molar-refractivity contribution in [2.75, 3.05) is 6.26 Å². The zero-order chi connectivity index (χ0) is 19.7. The van der Waals surface area contributed by atoms with Gasteiger partial charge in [-0.15, -0.1) is 0 Å². The van der Waals surface area contributed by atoms with E-state index in [0.29, 0.717) is 30.8 Å². The quantitative estimate of drug-likeness (QED) is 0.773. The van der Waals surface area contributed by atoms with Crippen LogP contribution in [0.5, 0.6) is 5.75 Å². The number of rotatable bonds is 5. The Morgan fingerprint density at radius 1 is 1.04 bits per heavy atom. The zero-order valence-corrected chi connectivity index (χ0v) is 16.8. The second-order valence-corrected chi connectivity index (χ2v) is 10.1. The van der Waals surface area contributed by atoms with Crippen molar-refractivity contribution in [2.45, 2.75) is 49.6 Å². The van der Waals surface area contributed by atoms with E-state index in [1.54, 1.807) is 12.1 Å². The lowest BCUT2D eigenvalue weighted by Gasteiger charge is -2.38. The van der Waals surface area contributed by atoms with Crippen molar-refractivity contribution >= 4 is 15.7 Å². The highest BCUT2D eigenvalue weighted by Crippen LogP contribution is 2.39. The number of benzene rings is 2. The van der Waals surface area contributed by atoms with Crippen LogP contribution in [-0.2, 0) is 16.4 Å². The van der Waals surface area contributed by atoms with Gasteiger partial charge in [0.1, 0.15) is 22.2 Å². The predicted molar refractivity (Wildman–Crippen MR) is 108 cm³/mol. The van der Waals surface area contributed by atoms with Crippen LogP contribution in [0.2, 0.25) is 0 Å². The van der Waals surface area contributed by atoms with E-state index in [0.717, 1.165) is 18.4 Å². The van der Waals surface area contributed by atoms with Gasteiger partial charge in [-0.1, -0.05) is 36.4 Å². The van der Waals surface area contributed by atoms with E-state index >= 15 is 0 Å². The molecule has 2 aliphatic heterocycles. The molecule has 2 fully saturated rings. The summed E-state index contributed by atoms with van der Waals surface area (Å²) in [6, 6.07) is 17.2. The molecule has 2 saturated heterocycles. The molecule has 28 heavy (non-hydrogen) atoms. The molecular formula is C22H25NO4S. The number of nitrogens with zero attached hydrogens (tertiary/aromatic N) is 1. The van der Waals surface area contributed by atoms with Crippen molar-refractivity contribution in [3.63, 3.8) is 0 Å². The number of piperidine rings is 1.